The van der Waals surface area contributed by atoms with Gasteiger partial charge in [0.25, 0.3) is 0 Å². The lowest BCUT2D eigenvalue weighted by Crippen LogP contribution is -2.28. The molecule has 0 saturated carbocycles. The third-order valence-electron chi connectivity index (χ3n) is 6.03. The van der Waals surface area contributed by atoms with E-state index in [1.165, 1.54) is 33.4 Å². The highest BCUT2D eigenvalue weighted by molar-refractivity contribution is 8.14. The van der Waals surface area contributed by atoms with Crippen molar-refractivity contribution in [1.29, 1.82) is 0 Å². The summed E-state index contributed by atoms with van der Waals surface area (Å²) in [5.41, 5.74) is 7.51. The summed E-state index contributed by atoms with van der Waals surface area (Å²) in [5.74, 6) is 0. The lowest BCUT2D eigenvalue weighted by Gasteiger charge is -2.27. The lowest BCUT2D eigenvalue weighted by atomic mass is 9.96. The zero-order valence-corrected chi connectivity index (χ0v) is 18.1. The molecule has 0 N–H and O–H groups in total. The van der Waals surface area contributed by atoms with Gasteiger partial charge in [0.05, 0.1) is 11.7 Å². The second kappa shape index (κ2) is 7.06. The Balaban J connectivity index is 1.64. The maximum Gasteiger partial charge on any atom is 0.160 e. The predicted molar refractivity (Wildman–Crippen MR) is 121 cm³/mol. The SMILES string of the molecule is Cc1ccccc1-n1c(C)cc([C@@H]2[C@H](c3ccccn3)N=C3S[C@@H](C)CN32)c1C. The number of aliphatic imine (C=N–C) groups is 1. The molecule has 2 aliphatic heterocycles. The van der Waals surface area contributed by atoms with Gasteiger partial charge in [0, 0.05) is 35.1 Å². The van der Waals surface area contributed by atoms with Crippen LogP contribution in [0, 0.1) is 20.8 Å². The number of nitrogens with zero attached hydrogens (tertiary/aromatic N) is 4. The number of para-hydroxylation sites is 1. The number of thioether (sulfide) groups is 1. The summed E-state index contributed by atoms with van der Waals surface area (Å²) < 4.78 is 2.39. The number of benzene rings is 1. The van der Waals surface area contributed by atoms with Crippen LogP contribution in [0.15, 0.2) is 59.7 Å². The van der Waals surface area contributed by atoms with Crippen molar-refractivity contribution in [3.8, 4) is 5.69 Å². The van der Waals surface area contributed by atoms with Crippen LogP contribution < -0.4 is 0 Å². The maximum absolute atomic E-state index is 5.13. The number of pyridine rings is 1. The van der Waals surface area contributed by atoms with Crippen molar-refractivity contribution in [3.05, 3.63) is 82.9 Å². The van der Waals surface area contributed by atoms with E-state index in [-0.39, 0.29) is 12.1 Å². The number of hydrogen-bond donors (Lipinski definition) is 0. The van der Waals surface area contributed by atoms with Gasteiger partial charge in [-0.2, -0.15) is 0 Å². The summed E-state index contributed by atoms with van der Waals surface area (Å²) in [6.45, 7) is 9.95. The van der Waals surface area contributed by atoms with Gasteiger partial charge in [-0.15, -0.1) is 0 Å². The molecule has 1 saturated heterocycles. The van der Waals surface area contributed by atoms with E-state index in [2.05, 4.69) is 84.6 Å². The topological polar surface area (TPSA) is 33.4 Å². The quantitative estimate of drug-likeness (QED) is 0.589. The minimum absolute atomic E-state index is 0.0389. The van der Waals surface area contributed by atoms with Gasteiger partial charge in [-0.1, -0.05) is 43.0 Å². The molecule has 2 aromatic heterocycles. The number of hydrogen-bond acceptors (Lipinski definition) is 4. The molecule has 4 heterocycles. The highest BCUT2D eigenvalue weighted by atomic mass is 32.2. The Kier molecular flexibility index (Phi) is 4.50. The van der Waals surface area contributed by atoms with E-state index in [9.17, 15) is 0 Å². The molecule has 0 spiro atoms. The van der Waals surface area contributed by atoms with Gasteiger partial charge in [-0.05, 0) is 56.2 Å². The first kappa shape index (κ1) is 18.5. The first-order chi connectivity index (χ1) is 14.0. The fourth-order valence-electron chi connectivity index (χ4n) is 4.73. The molecule has 3 aromatic rings. The molecule has 0 bridgehead atoms. The summed E-state index contributed by atoms with van der Waals surface area (Å²) in [7, 11) is 0. The summed E-state index contributed by atoms with van der Waals surface area (Å²) in [4.78, 5) is 12.3. The van der Waals surface area contributed by atoms with Crippen molar-refractivity contribution < 1.29 is 0 Å². The summed E-state index contributed by atoms with van der Waals surface area (Å²) >= 11 is 1.89. The average molecular weight is 403 g/mol. The Morgan fingerprint density at radius 1 is 1.03 bits per heavy atom. The second-order valence-electron chi connectivity index (χ2n) is 8.09. The summed E-state index contributed by atoms with van der Waals surface area (Å²) in [6, 6.07) is 17.3. The van der Waals surface area contributed by atoms with Crippen molar-refractivity contribution in [2.24, 2.45) is 4.99 Å². The molecule has 3 atom stereocenters. The van der Waals surface area contributed by atoms with Crippen LogP contribution in [0.25, 0.3) is 5.69 Å². The van der Waals surface area contributed by atoms with Gasteiger partial charge in [0.1, 0.15) is 6.04 Å². The molecule has 1 fully saturated rings. The molecule has 0 aliphatic carbocycles. The largest absolute Gasteiger partial charge is 0.341 e. The van der Waals surface area contributed by atoms with Crippen molar-refractivity contribution in [1.82, 2.24) is 14.5 Å². The van der Waals surface area contributed by atoms with Crippen molar-refractivity contribution in [2.45, 2.75) is 45.0 Å². The monoisotopic (exact) mass is 402 g/mol. The highest BCUT2D eigenvalue weighted by Crippen LogP contribution is 2.48. The van der Waals surface area contributed by atoms with E-state index >= 15 is 0 Å². The number of aromatic nitrogens is 2. The highest BCUT2D eigenvalue weighted by Gasteiger charge is 2.44. The molecule has 5 heteroatoms. The van der Waals surface area contributed by atoms with Crippen LogP contribution in [0.5, 0.6) is 0 Å². The molecular weight excluding hydrogens is 376 g/mol. The van der Waals surface area contributed by atoms with Crippen molar-refractivity contribution >= 4 is 16.9 Å². The van der Waals surface area contributed by atoms with Gasteiger partial charge in [-0.25, -0.2) is 0 Å². The molecule has 29 heavy (non-hydrogen) atoms. The minimum atomic E-state index is 0.0389. The van der Waals surface area contributed by atoms with Gasteiger partial charge < -0.3 is 9.47 Å². The number of rotatable bonds is 3. The van der Waals surface area contributed by atoms with Crippen molar-refractivity contribution in [3.63, 3.8) is 0 Å². The molecule has 1 aromatic carbocycles. The van der Waals surface area contributed by atoms with Crippen molar-refractivity contribution in [2.75, 3.05) is 6.54 Å². The van der Waals surface area contributed by atoms with Gasteiger partial charge in [0.15, 0.2) is 5.17 Å². The molecule has 0 radical (unpaired) electrons. The molecule has 0 unspecified atom stereocenters. The Labute approximate surface area is 176 Å². The van der Waals surface area contributed by atoms with Gasteiger partial charge in [-0.3, -0.25) is 9.98 Å². The second-order valence-corrected chi connectivity index (χ2v) is 9.49. The Hall–Kier alpha value is -2.53. The van der Waals surface area contributed by atoms with Crippen LogP contribution in [0.3, 0.4) is 0 Å². The van der Waals surface area contributed by atoms with Crippen LogP contribution in [0.1, 0.15) is 47.2 Å². The van der Waals surface area contributed by atoms with E-state index in [1.807, 2.05) is 24.0 Å². The van der Waals surface area contributed by atoms with Crippen LogP contribution in [-0.4, -0.2) is 31.4 Å². The van der Waals surface area contributed by atoms with Gasteiger partial charge in [0.2, 0.25) is 0 Å². The smallest absolute Gasteiger partial charge is 0.160 e. The molecule has 5 rings (SSSR count). The van der Waals surface area contributed by atoms with E-state index in [0.717, 1.165) is 12.2 Å². The normalized spacial score (nSPS) is 23.4. The first-order valence-electron chi connectivity index (χ1n) is 10.2. The van der Waals surface area contributed by atoms with Crippen LogP contribution in [-0.2, 0) is 0 Å². The Morgan fingerprint density at radius 2 is 1.83 bits per heavy atom. The zero-order valence-electron chi connectivity index (χ0n) is 17.3. The summed E-state index contributed by atoms with van der Waals surface area (Å²) in [5, 5.41) is 1.74. The van der Waals surface area contributed by atoms with Gasteiger partial charge >= 0.3 is 0 Å². The minimum Gasteiger partial charge on any atom is -0.341 e. The standard InChI is InChI=1S/C24H26N4S/c1-15-9-5-6-11-21(15)28-16(2)13-19(18(28)4)23-22(20-10-7-8-12-25-20)26-24-27(23)14-17(3)29-24/h5-13,17,22-23H,14H2,1-4H3/t17-,22-,23+/m0/s1. The third kappa shape index (κ3) is 2.99. The Morgan fingerprint density at radius 3 is 2.59 bits per heavy atom. The summed E-state index contributed by atoms with van der Waals surface area (Å²) in [6.07, 6.45) is 1.88. The fraction of sp³-hybridized carbons (Fsp3) is 0.333. The van der Waals surface area contributed by atoms with Crippen LogP contribution >= 0.6 is 11.8 Å². The molecule has 2 aliphatic rings. The molecule has 148 valence electrons. The van der Waals surface area contributed by atoms with E-state index in [0.29, 0.717) is 5.25 Å². The zero-order chi connectivity index (χ0) is 20.1. The van der Waals surface area contributed by atoms with E-state index in [4.69, 9.17) is 4.99 Å². The molecular formula is C24H26N4S. The number of aryl methyl sites for hydroxylation is 2. The van der Waals surface area contributed by atoms with E-state index in [1.54, 1.807) is 0 Å². The first-order valence-corrected chi connectivity index (χ1v) is 11.1. The molecule has 0 amide bonds. The predicted octanol–water partition coefficient (Wildman–Crippen LogP) is 5.39. The van der Waals surface area contributed by atoms with Crippen LogP contribution in [0.4, 0.5) is 0 Å². The maximum atomic E-state index is 5.13. The van der Waals surface area contributed by atoms with E-state index < -0.39 is 0 Å². The van der Waals surface area contributed by atoms with Crippen LogP contribution in [0.2, 0.25) is 0 Å². The number of amidine groups is 1. The average Bonchev–Trinajstić information content (AvgIpc) is 3.33. The number of fused-ring (bicyclic) bond motifs is 1. The third-order valence-corrected chi connectivity index (χ3v) is 7.13. The fourth-order valence-corrected chi connectivity index (χ4v) is 5.82. The molecule has 4 nitrogen and oxygen atoms in total. The lowest BCUT2D eigenvalue weighted by molar-refractivity contribution is 0.320. The Bertz CT molecular complexity index is 1090.